The molecule has 0 unspecified atom stereocenters. The van der Waals surface area contributed by atoms with Crippen LogP contribution in [0.25, 0.3) is 0 Å². The van der Waals surface area contributed by atoms with E-state index in [2.05, 4.69) is 10.2 Å². The van der Waals surface area contributed by atoms with E-state index < -0.39 is 10.8 Å². The third kappa shape index (κ3) is 3.04. The Morgan fingerprint density at radius 2 is 2.05 bits per heavy atom. The zero-order valence-corrected chi connectivity index (χ0v) is 12.7. The molecule has 0 N–H and O–H groups in total. The lowest BCUT2D eigenvalue weighted by Crippen LogP contribution is -2.09. The van der Waals surface area contributed by atoms with Crippen LogP contribution < -0.4 is 0 Å². The van der Waals surface area contributed by atoms with Crippen molar-refractivity contribution in [1.82, 2.24) is 14.8 Å². The molecule has 1 aromatic heterocycles. The number of hydrogen-bond donors (Lipinski definition) is 0. The minimum atomic E-state index is -1.08. The van der Waals surface area contributed by atoms with Crippen molar-refractivity contribution in [1.29, 1.82) is 0 Å². The molecule has 0 aliphatic carbocycles. The van der Waals surface area contributed by atoms with Crippen molar-refractivity contribution in [3.8, 4) is 0 Å². The molecule has 0 aliphatic heterocycles. The van der Waals surface area contributed by atoms with Gasteiger partial charge in [-0.3, -0.25) is 4.21 Å². The van der Waals surface area contributed by atoms with Gasteiger partial charge in [-0.25, -0.2) is 0 Å². The summed E-state index contributed by atoms with van der Waals surface area (Å²) in [5.41, 5.74) is 0.904. The number of benzene rings is 1. The van der Waals surface area contributed by atoms with Gasteiger partial charge >= 0.3 is 0 Å². The normalized spacial score (nSPS) is 14.3. The summed E-state index contributed by atoms with van der Waals surface area (Å²) in [4.78, 5) is 0. The van der Waals surface area contributed by atoms with E-state index in [1.807, 2.05) is 49.7 Å². The highest BCUT2D eigenvalue weighted by Gasteiger charge is 2.18. The predicted octanol–water partition coefficient (Wildman–Crippen LogP) is 2.79. The van der Waals surface area contributed by atoms with Crippen molar-refractivity contribution in [3.05, 3.63) is 46.5 Å². The number of aromatic nitrogens is 3. The molecule has 2 atom stereocenters. The van der Waals surface area contributed by atoms with Crippen molar-refractivity contribution in [2.45, 2.75) is 24.9 Å². The molecule has 0 aliphatic rings. The summed E-state index contributed by atoms with van der Waals surface area (Å²) in [6, 6.07) is 7.50. The first kappa shape index (κ1) is 14.2. The van der Waals surface area contributed by atoms with Crippen LogP contribution in [0, 0.1) is 6.92 Å². The van der Waals surface area contributed by atoms with Crippen LogP contribution >= 0.6 is 11.6 Å². The zero-order chi connectivity index (χ0) is 14.0. The van der Waals surface area contributed by atoms with Crippen molar-refractivity contribution in [2.75, 3.05) is 0 Å². The van der Waals surface area contributed by atoms with E-state index in [0.29, 0.717) is 10.8 Å². The van der Waals surface area contributed by atoms with E-state index in [0.717, 1.165) is 17.2 Å². The SMILES string of the molecule is Cc1nnc(C[S@](=O)[C@@H](C)c2ccccc2Cl)n1C. The van der Waals surface area contributed by atoms with Gasteiger partial charge in [-0.15, -0.1) is 10.2 Å². The lowest BCUT2D eigenvalue weighted by molar-refractivity contribution is 0.671. The number of rotatable bonds is 4. The molecule has 0 bridgehead atoms. The van der Waals surface area contributed by atoms with Crippen LogP contribution in [0.15, 0.2) is 24.3 Å². The Morgan fingerprint density at radius 1 is 1.37 bits per heavy atom. The van der Waals surface area contributed by atoms with E-state index >= 15 is 0 Å². The van der Waals surface area contributed by atoms with Crippen LogP contribution in [0.4, 0.5) is 0 Å². The highest BCUT2D eigenvalue weighted by Crippen LogP contribution is 2.27. The van der Waals surface area contributed by atoms with Crippen molar-refractivity contribution >= 4 is 22.4 Å². The van der Waals surface area contributed by atoms with Gasteiger partial charge in [0.25, 0.3) is 0 Å². The fourth-order valence-corrected chi connectivity index (χ4v) is 3.38. The molecule has 0 amide bonds. The van der Waals surface area contributed by atoms with E-state index in [-0.39, 0.29) is 5.25 Å². The minimum Gasteiger partial charge on any atom is -0.318 e. The van der Waals surface area contributed by atoms with Gasteiger partial charge in [-0.05, 0) is 25.5 Å². The summed E-state index contributed by atoms with van der Waals surface area (Å²) in [7, 11) is 0.795. The maximum atomic E-state index is 12.4. The van der Waals surface area contributed by atoms with E-state index in [1.165, 1.54) is 0 Å². The van der Waals surface area contributed by atoms with Gasteiger partial charge in [-0.2, -0.15) is 0 Å². The molecule has 6 heteroatoms. The second kappa shape index (κ2) is 5.84. The Bertz CT molecular complexity index is 612. The summed E-state index contributed by atoms with van der Waals surface area (Å²) in [6.07, 6.45) is 0. The zero-order valence-electron chi connectivity index (χ0n) is 11.1. The average molecular weight is 298 g/mol. The molecule has 0 fully saturated rings. The van der Waals surface area contributed by atoms with Crippen LogP contribution in [0.2, 0.25) is 5.02 Å². The summed E-state index contributed by atoms with van der Waals surface area (Å²) in [5, 5.41) is 8.53. The second-order valence-corrected chi connectivity index (χ2v) is 6.58. The molecule has 0 spiro atoms. The molecular formula is C13H16ClN3OS. The number of hydrogen-bond acceptors (Lipinski definition) is 3. The molecule has 0 radical (unpaired) electrons. The maximum absolute atomic E-state index is 12.4. The standard InChI is InChI=1S/C13H16ClN3OS/c1-9(11-6-4-5-7-12(11)14)19(18)8-13-16-15-10(2)17(13)3/h4-7,9H,8H2,1-3H3/t9-,19-/m0/s1. The van der Waals surface area contributed by atoms with E-state index in [1.54, 1.807) is 0 Å². The lowest BCUT2D eigenvalue weighted by atomic mass is 10.2. The molecular weight excluding hydrogens is 282 g/mol. The molecule has 102 valence electrons. The molecule has 1 heterocycles. The summed E-state index contributed by atoms with van der Waals surface area (Å²) >= 11 is 6.13. The molecule has 1 aromatic carbocycles. The molecule has 2 rings (SSSR count). The Kier molecular flexibility index (Phi) is 4.37. The van der Waals surface area contributed by atoms with Gasteiger partial charge in [0.05, 0.1) is 11.0 Å². The van der Waals surface area contributed by atoms with E-state index in [4.69, 9.17) is 11.6 Å². The van der Waals surface area contributed by atoms with Crippen LogP contribution in [0.1, 0.15) is 29.4 Å². The van der Waals surface area contributed by atoms with Crippen LogP contribution in [-0.4, -0.2) is 19.0 Å². The highest BCUT2D eigenvalue weighted by molar-refractivity contribution is 7.84. The summed E-state index contributed by atoms with van der Waals surface area (Å²) in [5.74, 6) is 1.93. The summed E-state index contributed by atoms with van der Waals surface area (Å²) in [6.45, 7) is 3.79. The van der Waals surface area contributed by atoms with Crippen molar-refractivity contribution in [2.24, 2.45) is 7.05 Å². The smallest absolute Gasteiger partial charge is 0.145 e. The minimum absolute atomic E-state index is 0.134. The Labute approximate surface area is 120 Å². The molecule has 0 saturated heterocycles. The fourth-order valence-electron chi connectivity index (χ4n) is 1.78. The van der Waals surface area contributed by atoms with Gasteiger partial charge in [0.2, 0.25) is 0 Å². The molecule has 4 nitrogen and oxygen atoms in total. The molecule has 2 aromatic rings. The van der Waals surface area contributed by atoms with Crippen LogP contribution in [0.5, 0.6) is 0 Å². The maximum Gasteiger partial charge on any atom is 0.145 e. The van der Waals surface area contributed by atoms with Crippen molar-refractivity contribution < 1.29 is 4.21 Å². The molecule has 0 saturated carbocycles. The van der Waals surface area contributed by atoms with Gasteiger partial charge in [-0.1, -0.05) is 29.8 Å². The quantitative estimate of drug-likeness (QED) is 0.872. The van der Waals surface area contributed by atoms with Gasteiger partial charge in [0.15, 0.2) is 0 Å². The monoisotopic (exact) mass is 297 g/mol. The second-order valence-electron chi connectivity index (χ2n) is 4.41. The Hall–Kier alpha value is -1.20. The van der Waals surface area contributed by atoms with Crippen LogP contribution in [-0.2, 0) is 23.6 Å². The first-order valence-electron chi connectivity index (χ1n) is 5.97. The third-order valence-electron chi connectivity index (χ3n) is 3.19. The van der Waals surface area contributed by atoms with Crippen LogP contribution in [0.3, 0.4) is 0 Å². The number of aryl methyl sites for hydroxylation is 1. The van der Waals surface area contributed by atoms with Crippen molar-refractivity contribution in [3.63, 3.8) is 0 Å². The predicted molar refractivity (Wildman–Crippen MR) is 77.5 cm³/mol. The lowest BCUT2D eigenvalue weighted by Gasteiger charge is -2.13. The number of nitrogens with zero attached hydrogens (tertiary/aromatic N) is 3. The first-order valence-corrected chi connectivity index (χ1v) is 7.73. The number of halogens is 1. The van der Waals surface area contributed by atoms with Gasteiger partial charge < -0.3 is 4.57 Å². The van der Waals surface area contributed by atoms with Gasteiger partial charge in [0, 0.05) is 22.9 Å². The molecule has 19 heavy (non-hydrogen) atoms. The first-order chi connectivity index (χ1) is 9.00. The highest BCUT2D eigenvalue weighted by atomic mass is 35.5. The van der Waals surface area contributed by atoms with E-state index in [9.17, 15) is 4.21 Å². The Balaban J connectivity index is 2.17. The largest absolute Gasteiger partial charge is 0.318 e. The summed E-state index contributed by atoms with van der Waals surface area (Å²) < 4.78 is 14.3. The van der Waals surface area contributed by atoms with Gasteiger partial charge in [0.1, 0.15) is 11.6 Å². The average Bonchev–Trinajstić information content (AvgIpc) is 2.70. The fraction of sp³-hybridized carbons (Fsp3) is 0.385. The third-order valence-corrected chi connectivity index (χ3v) is 5.12. The Morgan fingerprint density at radius 3 is 2.63 bits per heavy atom. The topological polar surface area (TPSA) is 47.8 Å².